The second-order valence-electron chi connectivity index (χ2n) is 8.40. The highest BCUT2D eigenvalue weighted by Crippen LogP contribution is 2.27. The van der Waals surface area contributed by atoms with E-state index in [0.717, 1.165) is 5.39 Å². The van der Waals surface area contributed by atoms with Gasteiger partial charge in [0.05, 0.1) is 30.7 Å². The lowest BCUT2D eigenvalue weighted by Gasteiger charge is -2.19. The Morgan fingerprint density at radius 2 is 1.89 bits per heavy atom. The Labute approximate surface area is 214 Å². The van der Waals surface area contributed by atoms with Crippen molar-refractivity contribution in [3.8, 4) is 17.6 Å². The molecule has 1 amide bonds. The van der Waals surface area contributed by atoms with Crippen LogP contribution in [0.2, 0.25) is 0 Å². The van der Waals surface area contributed by atoms with Crippen LogP contribution in [0.3, 0.4) is 0 Å². The van der Waals surface area contributed by atoms with Crippen molar-refractivity contribution in [3.63, 3.8) is 0 Å². The summed E-state index contributed by atoms with van der Waals surface area (Å²) in [6.45, 7) is 0.0520. The van der Waals surface area contributed by atoms with Gasteiger partial charge in [0.1, 0.15) is 17.5 Å². The smallest absolute Gasteiger partial charge is 0.343 e. The number of hydrogen-bond donors (Lipinski definition) is 1. The summed E-state index contributed by atoms with van der Waals surface area (Å²) in [6, 6.07) is 15.8. The number of carbonyl (C=O) groups is 2. The summed E-state index contributed by atoms with van der Waals surface area (Å²) >= 11 is 0. The number of fused-ring (bicyclic) bond motifs is 1. The molecular formula is C26H25N3O7S. The number of rotatable bonds is 9. The summed E-state index contributed by atoms with van der Waals surface area (Å²) in [5.74, 6) is -0.0404. The van der Waals surface area contributed by atoms with E-state index in [9.17, 15) is 23.3 Å². The molecule has 3 aromatic carbocycles. The summed E-state index contributed by atoms with van der Waals surface area (Å²) in [7, 11) is -1.21. The molecular weight excluding hydrogens is 498 g/mol. The van der Waals surface area contributed by atoms with E-state index in [2.05, 4.69) is 9.46 Å². The zero-order valence-corrected chi connectivity index (χ0v) is 21.1. The van der Waals surface area contributed by atoms with E-state index in [1.54, 1.807) is 30.3 Å². The van der Waals surface area contributed by atoms with Crippen LogP contribution in [0.15, 0.2) is 59.5 Å². The van der Waals surface area contributed by atoms with Crippen molar-refractivity contribution in [1.29, 1.82) is 5.26 Å². The monoisotopic (exact) mass is 523 g/mol. The van der Waals surface area contributed by atoms with E-state index < -0.39 is 27.9 Å². The van der Waals surface area contributed by atoms with Crippen LogP contribution in [0.5, 0.6) is 11.5 Å². The van der Waals surface area contributed by atoms with Gasteiger partial charge in [0.25, 0.3) is 0 Å². The van der Waals surface area contributed by atoms with Crippen LogP contribution in [0, 0.1) is 11.3 Å². The van der Waals surface area contributed by atoms with Crippen molar-refractivity contribution < 1.29 is 32.2 Å². The lowest BCUT2D eigenvalue weighted by Crippen LogP contribution is -2.41. The third kappa shape index (κ3) is 5.82. The number of nitrogens with zero attached hydrogens (tertiary/aromatic N) is 2. The first-order valence-corrected chi connectivity index (χ1v) is 12.8. The molecule has 37 heavy (non-hydrogen) atoms. The second kappa shape index (κ2) is 10.9. The van der Waals surface area contributed by atoms with Gasteiger partial charge in [0, 0.05) is 18.7 Å². The quantitative estimate of drug-likeness (QED) is 0.422. The Balaban J connectivity index is 1.49. The number of benzene rings is 3. The van der Waals surface area contributed by atoms with Crippen LogP contribution in [0.1, 0.15) is 17.5 Å². The second-order valence-corrected chi connectivity index (χ2v) is 10.1. The number of amides is 1. The molecule has 1 heterocycles. The number of likely N-dealkylation sites (tertiary alicyclic amines) is 1. The zero-order valence-electron chi connectivity index (χ0n) is 20.3. The average Bonchev–Trinajstić information content (AvgIpc) is 3.24. The maximum Gasteiger partial charge on any atom is 0.343 e. The van der Waals surface area contributed by atoms with Crippen LogP contribution in [0.4, 0.5) is 0 Å². The molecule has 0 radical (unpaired) electrons. The fourth-order valence-electron chi connectivity index (χ4n) is 4.07. The van der Waals surface area contributed by atoms with E-state index >= 15 is 0 Å². The lowest BCUT2D eigenvalue weighted by molar-refractivity contribution is -0.143. The largest absolute Gasteiger partial charge is 0.497 e. The van der Waals surface area contributed by atoms with Gasteiger partial charge in [-0.25, -0.2) is 13.2 Å². The molecule has 3 aromatic rings. The number of nitriles is 1. The Bertz CT molecular complexity index is 1500. The van der Waals surface area contributed by atoms with Gasteiger partial charge in [0.2, 0.25) is 15.9 Å². The molecule has 0 aliphatic carbocycles. The van der Waals surface area contributed by atoms with Crippen molar-refractivity contribution in [1.82, 2.24) is 9.62 Å². The predicted molar refractivity (Wildman–Crippen MR) is 133 cm³/mol. The van der Waals surface area contributed by atoms with Crippen LogP contribution >= 0.6 is 0 Å². The minimum absolute atomic E-state index is 0.0414. The highest BCUT2D eigenvalue weighted by atomic mass is 32.2. The molecule has 0 bridgehead atoms. The SMILES string of the molecule is COC(=O)COc1ccc(C#N)cc1CN1CC[C@H](NS(=O)(=O)c2ccc3ccc(OC)cc3c2)C1=O. The highest BCUT2D eigenvalue weighted by molar-refractivity contribution is 7.89. The zero-order chi connectivity index (χ0) is 26.6. The molecule has 192 valence electrons. The normalized spacial score (nSPS) is 15.4. The number of sulfonamides is 1. The van der Waals surface area contributed by atoms with Gasteiger partial charge in [-0.3, -0.25) is 4.79 Å². The van der Waals surface area contributed by atoms with Crippen LogP contribution < -0.4 is 14.2 Å². The maximum absolute atomic E-state index is 13.1. The molecule has 0 spiro atoms. The topological polar surface area (TPSA) is 135 Å². The summed E-state index contributed by atoms with van der Waals surface area (Å²) in [5.41, 5.74) is 0.875. The maximum atomic E-state index is 13.1. The Kier molecular flexibility index (Phi) is 7.61. The number of methoxy groups -OCH3 is 2. The van der Waals surface area contributed by atoms with Gasteiger partial charge >= 0.3 is 5.97 Å². The molecule has 0 aromatic heterocycles. The fraction of sp³-hybridized carbons (Fsp3) is 0.269. The summed E-state index contributed by atoms with van der Waals surface area (Å²) < 4.78 is 44.0. The molecule has 1 N–H and O–H groups in total. The molecule has 11 heteroatoms. The lowest BCUT2D eigenvalue weighted by atomic mass is 10.1. The molecule has 1 atom stereocenters. The van der Waals surface area contributed by atoms with Gasteiger partial charge in [-0.2, -0.15) is 9.98 Å². The van der Waals surface area contributed by atoms with Gasteiger partial charge < -0.3 is 19.1 Å². The molecule has 1 aliphatic rings. The third-order valence-corrected chi connectivity index (χ3v) is 7.52. The molecule has 1 aliphatic heterocycles. The minimum Gasteiger partial charge on any atom is -0.497 e. The van der Waals surface area contributed by atoms with E-state index in [4.69, 9.17) is 9.47 Å². The van der Waals surface area contributed by atoms with Crippen LogP contribution in [-0.2, 0) is 30.9 Å². The van der Waals surface area contributed by atoms with Crippen molar-refractivity contribution in [2.24, 2.45) is 0 Å². The van der Waals surface area contributed by atoms with E-state index in [1.165, 1.54) is 37.3 Å². The van der Waals surface area contributed by atoms with E-state index in [0.29, 0.717) is 34.6 Å². The first-order valence-electron chi connectivity index (χ1n) is 11.4. The highest BCUT2D eigenvalue weighted by Gasteiger charge is 2.35. The number of hydrogen-bond acceptors (Lipinski definition) is 8. The molecule has 10 nitrogen and oxygen atoms in total. The van der Waals surface area contributed by atoms with Crippen molar-refractivity contribution in [2.75, 3.05) is 27.4 Å². The molecule has 4 rings (SSSR count). The Morgan fingerprint density at radius 1 is 1.11 bits per heavy atom. The molecule has 0 unspecified atom stereocenters. The fourth-order valence-corrected chi connectivity index (χ4v) is 5.33. The van der Waals surface area contributed by atoms with Crippen molar-refractivity contribution >= 4 is 32.7 Å². The number of esters is 1. The van der Waals surface area contributed by atoms with E-state index in [-0.39, 0.29) is 24.5 Å². The minimum atomic E-state index is -3.98. The Morgan fingerprint density at radius 3 is 2.62 bits per heavy atom. The number of nitrogens with one attached hydrogen (secondary N) is 1. The molecule has 0 saturated carbocycles. The summed E-state index contributed by atoms with van der Waals surface area (Å²) in [6.07, 6.45) is 0.274. The number of ether oxygens (including phenoxy) is 3. The van der Waals surface area contributed by atoms with Crippen molar-refractivity contribution in [3.05, 3.63) is 65.7 Å². The summed E-state index contributed by atoms with van der Waals surface area (Å²) in [5, 5.41) is 10.8. The number of carbonyl (C=O) groups excluding carboxylic acids is 2. The molecule has 1 saturated heterocycles. The average molecular weight is 524 g/mol. The first-order chi connectivity index (χ1) is 17.7. The van der Waals surface area contributed by atoms with Gasteiger partial charge in [-0.1, -0.05) is 12.1 Å². The van der Waals surface area contributed by atoms with Gasteiger partial charge in [0.15, 0.2) is 6.61 Å². The summed E-state index contributed by atoms with van der Waals surface area (Å²) in [4.78, 5) is 26.1. The van der Waals surface area contributed by atoms with Crippen LogP contribution in [-0.4, -0.2) is 58.6 Å². The van der Waals surface area contributed by atoms with Crippen LogP contribution in [0.25, 0.3) is 10.8 Å². The molecule has 1 fully saturated rings. The predicted octanol–water partition coefficient (Wildman–Crippen LogP) is 2.35. The standard InChI is InChI=1S/C26H25N3O7S/c1-34-21-6-4-18-5-7-22(13-19(18)12-21)37(32,33)28-23-9-10-29(26(23)31)15-20-11-17(14-27)3-8-24(20)36-16-25(30)35-2/h3-8,11-13,23,28H,9-10,15-16H2,1-2H3/t23-/m0/s1. The van der Waals surface area contributed by atoms with Gasteiger partial charge in [-0.05, 0) is 59.7 Å². The first kappa shape index (κ1) is 25.9. The van der Waals surface area contributed by atoms with Gasteiger partial charge in [-0.15, -0.1) is 0 Å². The van der Waals surface area contributed by atoms with Crippen molar-refractivity contribution in [2.45, 2.75) is 23.9 Å². The Hall–Kier alpha value is -4.14. The van der Waals surface area contributed by atoms with E-state index in [1.807, 2.05) is 12.1 Å². The third-order valence-electron chi connectivity index (χ3n) is 6.05.